The summed E-state index contributed by atoms with van der Waals surface area (Å²) in [4.78, 5) is 14.6. The van der Waals surface area contributed by atoms with Crippen LogP contribution in [-0.2, 0) is 11.3 Å². The molecule has 1 saturated heterocycles. The van der Waals surface area contributed by atoms with Gasteiger partial charge in [-0.3, -0.25) is 4.79 Å². The van der Waals surface area contributed by atoms with E-state index < -0.39 is 0 Å². The first kappa shape index (κ1) is 18.0. The Morgan fingerprint density at radius 1 is 1.23 bits per heavy atom. The number of amides is 1. The van der Waals surface area contributed by atoms with Crippen molar-refractivity contribution in [2.45, 2.75) is 25.4 Å². The van der Waals surface area contributed by atoms with Crippen molar-refractivity contribution in [1.29, 1.82) is 5.26 Å². The Morgan fingerprint density at radius 3 is 2.50 bits per heavy atom. The van der Waals surface area contributed by atoms with Crippen molar-refractivity contribution in [3.05, 3.63) is 64.7 Å². The maximum atomic E-state index is 12.8. The van der Waals surface area contributed by atoms with Gasteiger partial charge >= 0.3 is 0 Å². The van der Waals surface area contributed by atoms with Gasteiger partial charge in [0.15, 0.2) is 0 Å². The smallest absolute Gasteiger partial charge is 0.253 e. The van der Waals surface area contributed by atoms with E-state index in [1.54, 1.807) is 13.2 Å². The SMILES string of the molecule is COCc1ccc(C(=O)N2CCC(c3ccc(C#N)cc3)CC2)cc1N. The van der Waals surface area contributed by atoms with Crippen molar-refractivity contribution in [2.24, 2.45) is 0 Å². The van der Waals surface area contributed by atoms with Gasteiger partial charge < -0.3 is 15.4 Å². The van der Waals surface area contributed by atoms with Crippen LogP contribution < -0.4 is 5.73 Å². The lowest BCUT2D eigenvalue weighted by molar-refractivity contribution is 0.0713. The number of hydrogen-bond acceptors (Lipinski definition) is 4. The summed E-state index contributed by atoms with van der Waals surface area (Å²) in [5, 5.41) is 8.90. The van der Waals surface area contributed by atoms with E-state index in [0.717, 1.165) is 31.5 Å². The Bertz CT molecular complexity index is 816. The molecule has 0 bridgehead atoms. The number of likely N-dealkylation sites (tertiary alicyclic amines) is 1. The lowest BCUT2D eigenvalue weighted by Gasteiger charge is -2.32. The number of nitriles is 1. The van der Waals surface area contributed by atoms with Crippen LogP contribution in [0.2, 0.25) is 0 Å². The van der Waals surface area contributed by atoms with Crippen LogP contribution in [0.5, 0.6) is 0 Å². The van der Waals surface area contributed by atoms with Gasteiger partial charge in [-0.15, -0.1) is 0 Å². The van der Waals surface area contributed by atoms with Crippen LogP contribution in [0, 0.1) is 11.3 Å². The summed E-state index contributed by atoms with van der Waals surface area (Å²) in [6, 6.07) is 15.3. The topological polar surface area (TPSA) is 79.3 Å². The normalized spacial score (nSPS) is 14.8. The molecule has 5 nitrogen and oxygen atoms in total. The summed E-state index contributed by atoms with van der Waals surface area (Å²) < 4.78 is 5.10. The summed E-state index contributed by atoms with van der Waals surface area (Å²) >= 11 is 0. The number of anilines is 1. The molecule has 1 aliphatic rings. The van der Waals surface area contributed by atoms with Gasteiger partial charge in [0.05, 0.1) is 18.2 Å². The average molecular weight is 349 g/mol. The van der Waals surface area contributed by atoms with Crippen LogP contribution in [0.3, 0.4) is 0 Å². The summed E-state index contributed by atoms with van der Waals surface area (Å²) in [5.74, 6) is 0.458. The molecule has 0 radical (unpaired) electrons. The Balaban J connectivity index is 1.63. The van der Waals surface area contributed by atoms with Crippen LogP contribution in [0.4, 0.5) is 5.69 Å². The van der Waals surface area contributed by atoms with Crippen molar-refractivity contribution >= 4 is 11.6 Å². The highest BCUT2D eigenvalue weighted by Gasteiger charge is 2.24. The number of carbonyl (C=O) groups is 1. The summed E-state index contributed by atoms with van der Waals surface area (Å²) in [7, 11) is 1.62. The Hall–Kier alpha value is -2.84. The van der Waals surface area contributed by atoms with Gasteiger partial charge in [-0.05, 0) is 48.6 Å². The zero-order valence-corrected chi connectivity index (χ0v) is 14.9. The molecule has 2 aromatic carbocycles. The number of piperidine rings is 1. The summed E-state index contributed by atoms with van der Waals surface area (Å²) in [6.07, 6.45) is 1.85. The van der Waals surface area contributed by atoms with Gasteiger partial charge in [0, 0.05) is 37.0 Å². The Kier molecular flexibility index (Phi) is 5.55. The van der Waals surface area contributed by atoms with E-state index in [1.807, 2.05) is 41.3 Å². The molecule has 2 aromatic rings. The molecule has 3 rings (SSSR count). The zero-order valence-electron chi connectivity index (χ0n) is 14.9. The number of benzene rings is 2. The largest absolute Gasteiger partial charge is 0.398 e. The zero-order chi connectivity index (χ0) is 18.5. The highest BCUT2D eigenvalue weighted by molar-refractivity contribution is 5.95. The molecule has 5 heteroatoms. The van der Waals surface area contributed by atoms with Gasteiger partial charge in [-0.1, -0.05) is 18.2 Å². The van der Waals surface area contributed by atoms with Crippen molar-refractivity contribution in [1.82, 2.24) is 4.90 Å². The molecule has 0 spiro atoms. The first-order chi connectivity index (χ1) is 12.6. The third-order valence-corrected chi connectivity index (χ3v) is 4.99. The Morgan fingerprint density at radius 2 is 1.92 bits per heavy atom. The first-order valence-corrected chi connectivity index (χ1v) is 8.79. The minimum Gasteiger partial charge on any atom is -0.398 e. The lowest BCUT2D eigenvalue weighted by atomic mass is 9.89. The molecule has 0 aromatic heterocycles. The van der Waals surface area contributed by atoms with Crippen molar-refractivity contribution in [3.8, 4) is 6.07 Å². The third-order valence-electron chi connectivity index (χ3n) is 4.99. The fourth-order valence-corrected chi connectivity index (χ4v) is 3.44. The van der Waals surface area contributed by atoms with Gasteiger partial charge in [0.1, 0.15) is 0 Å². The summed E-state index contributed by atoms with van der Waals surface area (Å²) in [6.45, 7) is 1.89. The maximum absolute atomic E-state index is 12.8. The Labute approximate surface area is 154 Å². The predicted molar refractivity (Wildman–Crippen MR) is 101 cm³/mol. The number of carbonyl (C=O) groups excluding carboxylic acids is 1. The molecule has 0 unspecified atom stereocenters. The van der Waals surface area contributed by atoms with Crippen LogP contribution in [0.15, 0.2) is 42.5 Å². The molecule has 1 aliphatic heterocycles. The van der Waals surface area contributed by atoms with Crippen LogP contribution in [0.25, 0.3) is 0 Å². The van der Waals surface area contributed by atoms with Crippen molar-refractivity contribution in [2.75, 3.05) is 25.9 Å². The highest BCUT2D eigenvalue weighted by Crippen LogP contribution is 2.29. The monoisotopic (exact) mass is 349 g/mol. The number of hydrogen-bond donors (Lipinski definition) is 1. The second-order valence-electron chi connectivity index (χ2n) is 6.65. The number of methoxy groups -OCH3 is 1. The van der Waals surface area contributed by atoms with Gasteiger partial charge in [0.2, 0.25) is 0 Å². The van der Waals surface area contributed by atoms with Crippen LogP contribution in [0.1, 0.15) is 45.8 Å². The van der Waals surface area contributed by atoms with E-state index in [2.05, 4.69) is 6.07 Å². The lowest BCUT2D eigenvalue weighted by Crippen LogP contribution is -2.38. The van der Waals surface area contributed by atoms with Gasteiger partial charge in [0.25, 0.3) is 5.91 Å². The number of nitrogens with zero attached hydrogens (tertiary/aromatic N) is 2. The van der Waals surface area contributed by atoms with E-state index in [0.29, 0.717) is 29.3 Å². The van der Waals surface area contributed by atoms with E-state index in [-0.39, 0.29) is 5.91 Å². The second-order valence-corrected chi connectivity index (χ2v) is 6.65. The number of nitrogen functional groups attached to an aromatic ring is 1. The maximum Gasteiger partial charge on any atom is 0.253 e. The molecule has 2 N–H and O–H groups in total. The standard InChI is InChI=1S/C21H23N3O2/c1-26-14-19-7-6-18(12-20(19)23)21(25)24-10-8-17(9-11-24)16-4-2-15(13-22)3-5-16/h2-7,12,17H,8-11,14,23H2,1H3. The average Bonchev–Trinajstić information content (AvgIpc) is 2.69. The quantitative estimate of drug-likeness (QED) is 0.859. The molecule has 1 heterocycles. The van der Waals surface area contributed by atoms with Crippen molar-refractivity contribution in [3.63, 3.8) is 0 Å². The highest BCUT2D eigenvalue weighted by atomic mass is 16.5. The second kappa shape index (κ2) is 8.03. The van der Waals surface area contributed by atoms with Gasteiger partial charge in [-0.2, -0.15) is 5.26 Å². The van der Waals surface area contributed by atoms with E-state index in [4.69, 9.17) is 15.7 Å². The molecule has 0 saturated carbocycles. The van der Waals surface area contributed by atoms with Crippen molar-refractivity contribution < 1.29 is 9.53 Å². The fraction of sp³-hybridized carbons (Fsp3) is 0.333. The molecular formula is C21H23N3O2. The number of rotatable bonds is 4. The third kappa shape index (κ3) is 3.87. The minimum atomic E-state index is 0.0268. The molecule has 134 valence electrons. The molecule has 1 fully saturated rings. The molecule has 0 atom stereocenters. The molecule has 26 heavy (non-hydrogen) atoms. The predicted octanol–water partition coefficient (Wildman–Crippen LogP) is 3.31. The summed E-state index contributed by atoms with van der Waals surface area (Å²) in [5.41, 5.74) is 10.0. The molecular weight excluding hydrogens is 326 g/mol. The first-order valence-electron chi connectivity index (χ1n) is 8.79. The van der Waals surface area contributed by atoms with Crippen LogP contribution >= 0.6 is 0 Å². The van der Waals surface area contributed by atoms with E-state index in [1.165, 1.54) is 5.56 Å². The van der Waals surface area contributed by atoms with E-state index >= 15 is 0 Å². The number of nitrogens with two attached hydrogens (primary N) is 1. The molecule has 1 amide bonds. The van der Waals surface area contributed by atoms with Gasteiger partial charge in [-0.25, -0.2) is 0 Å². The van der Waals surface area contributed by atoms with Crippen LogP contribution in [-0.4, -0.2) is 31.0 Å². The molecule has 0 aliphatic carbocycles. The minimum absolute atomic E-state index is 0.0268. The van der Waals surface area contributed by atoms with E-state index in [9.17, 15) is 4.79 Å². The fourth-order valence-electron chi connectivity index (χ4n) is 3.44. The number of ether oxygens (including phenoxy) is 1.